The molecule has 0 aliphatic heterocycles. The van der Waals surface area contributed by atoms with E-state index in [2.05, 4.69) is 24.3 Å². The molecule has 3 aromatic carbocycles. The minimum Gasteiger partial charge on any atom is -0.366 e. The molecule has 0 unspecified atom stereocenters. The molecule has 0 radical (unpaired) electrons. The first-order valence-corrected chi connectivity index (χ1v) is 6.80. The van der Waals surface area contributed by atoms with E-state index in [0.717, 1.165) is 22.3 Å². The number of carbonyl (C=O) groups is 1. The minimum atomic E-state index is -0.407. The molecule has 0 saturated heterocycles. The third-order valence-corrected chi connectivity index (χ3v) is 3.47. The Hall–Kier alpha value is -2.87. The van der Waals surface area contributed by atoms with E-state index in [1.807, 2.05) is 48.5 Å². The number of primary amides is 1. The quantitative estimate of drug-likeness (QED) is 0.766. The summed E-state index contributed by atoms with van der Waals surface area (Å²) < 4.78 is 0. The Kier molecular flexibility index (Phi) is 3.52. The van der Waals surface area contributed by atoms with Gasteiger partial charge in [0.15, 0.2) is 0 Å². The van der Waals surface area contributed by atoms with Crippen LogP contribution in [-0.2, 0) is 0 Å². The van der Waals surface area contributed by atoms with E-state index < -0.39 is 5.91 Å². The Labute approximate surface area is 123 Å². The van der Waals surface area contributed by atoms with Crippen molar-refractivity contribution in [2.24, 2.45) is 5.73 Å². The van der Waals surface area contributed by atoms with Gasteiger partial charge in [-0.05, 0) is 34.4 Å². The van der Waals surface area contributed by atoms with Crippen LogP contribution in [0.1, 0.15) is 10.4 Å². The second-order valence-corrected chi connectivity index (χ2v) is 4.86. The van der Waals surface area contributed by atoms with Gasteiger partial charge < -0.3 is 5.73 Å². The van der Waals surface area contributed by atoms with Crippen LogP contribution in [0.4, 0.5) is 0 Å². The van der Waals surface area contributed by atoms with Gasteiger partial charge in [0.2, 0.25) is 5.91 Å². The molecule has 2 heteroatoms. The molecule has 0 aromatic heterocycles. The Balaban J connectivity index is 2.11. The molecule has 0 aliphatic rings. The van der Waals surface area contributed by atoms with E-state index >= 15 is 0 Å². The van der Waals surface area contributed by atoms with Gasteiger partial charge in [-0.3, -0.25) is 4.79 Å². The minimum absolute atomic E-state index is 0.407. The van der Waals surface area contributed by atoms with Gasteiger partial charge in [0, 0.05) is 5.56 Å². The summed E-state index contributed by atoms with van der Waals surface area (Å²) in [6.45, 7) is 0. The lowest BCUT2D eigenvalue weighted by Gasteiger charge is -2.09. The number of carbonyl (C=O) groups excluding carboxylic acids is 1. The predicted molar refractivity (Wildman–Crippen MR) is 85.8 cm³/mol. The maximum atomic E-state index is 11.6. The zero-order valence-corrected chi connectivity index (χ0v) is 11.5. The SMILES string of the molecule is NC(=O)c1ccccc1-c1cccc(-c2ccccc2)c1. The van der Waals surface area contributed by atoms with Crippen LogP contribution in [0.2, 0.25) is 0 Å². The number of hydrogen-bond donors (Lipinski definition) is 1. The summed E-state index contributed by atoms with van der Waals surface area (Å²) in [4.78, 5) is 11.6. The molecule has 1 amide bonds. The molecule has 21 heavy (non-hydrogen) atoms. The highest BCUT2D eigenvalue weighted by Crippen LogP contribution is 2.28. The molecule has 0 atom stereocenters. The highest BCUT2D eigenvalue weighted by atomic mass is 16.1. The summed E-state index contributed by atoms with van der Waals surface area (Å²) in [6, 6.07) is 25.7. The van der Waals surface area contributed by atoms with Gasteiger partial charge in [-0.25, -0.2) is 0 Å². The molecule has 0 aliphatic carbocycles. The fourth-order valence-corrected chi connectivity index (χ4v) is 2.45. The third-order valence-electron chi connectivity index (χ3n) is 3.47. The molecule has 2 nitrogen and oxygen atoms in total. The van der Waals surface area contributed by atoms with Crippen molar-refractivity contribution in [3.8, 4) is 22.3 Å². The summed E-state index contributed by atoms with van der Waals surface area (Å²) in [7, 11) is 0. The number of amides is 1. The Bertz CT molecular complexity index is 778. The molecular formula is C19H15NO. The van der Waals surface area contributed by atoms with Crippen molar-refractivity contribution in [3.05, 3.63) is 84.4 Å². The maximum Gasteiger partial charge on any atom is 0.249 e. The molecule has 0 fully saturated rings. The zero-order valence-electron chi connectivity index (χ0n) is 11.5. The molecule has 102 valence electrons. The van der Waals surface area contributed by atoms with Gasteiger partial charge in [-0.2, -0.15) is 0 Å². The normalized spacial score (nSPS) is 10.3. The van der Waals surface area contributed by atoms with Crippen LogP contribution in [-0.4, -0.2) is 5.91 Å². The zero-order chi connectivity index (χ0) is 14.7. The second-order valence-electron chi connectivity index (χ2n) is 4.86. The van der Waals surface area contributed by atoms with Crippen molar-refractivity contribution in [2.45, 2.75) is 0 Å². The highest BCUT2D eigenvalue weighted by molar-refractivity contribution is 6.00. The van der Waals surface area contributed by atoms with Crippen LogP contribution >= 0.6 is 0 Å². The van der Waals surface area contributed by atoms with Gasteiger partial charge in [0.05, 0.1) is 0 Å². The Morgan fingerprint density at radius 2 is 1.29 bits per heavy atom. The van der Waals surface area contributed by atoms with E-state index in [4.69, 9.17) is 5.73 Å². The van der Waals surface area contributed by atoms with Crippen LogP contribution in [0.15, 0.2) is 78.9 Å². The Morgan fingerprint density at radius 1 is 0.667 bits per heavy atom. The van der Waals surface area contributed by atoms with Gasteiger partial charge >= 0.3 is 0 Å². The second kappa shape index (κ2) is 5.63. The lowest BCUT2D eigenvalue weighted by molar-refractivity contribution is 0.100. The van der Waals surface area contributed by atoms with Gasteiger partial charge in [0.25, 0.3) is 0 Å². The van der Waals surface area contributed by atoms with Crippen molar-refractivity contribution >= 4 is 5.91 Å². The summed E-state index contributed by atoms with van der Waals surface area (Å²) in [5, 5.41) is 0. The van der Waals surface area contributed by atoms with E-state index in [1.54, 1.807) is 6.07 Å². The first kappa shape index (κ1) is 13.1. The van der Waals surface area contributed by atoms with Crippen molar-refractivity contribution in [1.82, 2.24) is 0 Å². The molecule has 0 bridgehead atoms. The summed E-state index contributed by atoms with van der Waals surface area (Å²) in [5.74, 6) is -0.407. The van der Waals surface area contributed by atoms with Gasteiger partial charge in [-0.15, -0.1) is 0 Å². The van der Waals surface area contributed by atoms with Crippen LogP contribution in [0.3, 0.4) is 0 Å². The monoisotopic (exact) mass is 273 g/mol. The van der Waals surface area contributed by atoms with E-state index in [0.29, 0.717) is 5.56 Å². The molecule has 3 aromatic rings. The fourth-order valence-electron chi connectivity index (χ4n) is 2.45. The number of nitrogens with two attached hydrogens (primary N) is 1. The first-order chi connectivity index (χ1) is 10.3. The Morgan fingerprint density at radius 3 is 2.05 bits per heavy atom. The topological polar surface area (TPSA) is 43.1 Å². The smallest absolute Gasteiger partial charge is 0.249 e. The number of benzene rings is 3. The fraction of sp³-hybridized carbons (Fsp3) is 0. The van der Waals surface area contributed by atoms with Crippen LogP contribution in [0.25, 0.3) is 22.3 Å². The molecular weight excluding hydrogens is 258 g/mol. The van der Waals surface area contributed by atoms with Crippen molar-refractivity contribution < 1.29 is 4.79 Å². The molecule has 0 heterocycles. The van der Waals surface area contributed by atoms with Gasteiger partial charge in [-0.1, -0.05) is 66.7 Å². The largest absolute Gasteiger partial charge is 0.366 e. The summed E-state index contributed by atoms with van der Waals surface area (Å²) in [5.41, 5.74) is 10.1. The van der Waals surface area contributed by atoms with Crippen molar-refractivity contribution in [2.75, 3.05) is 0 Å². The number of hydrogen-bond acceptors (Lipinski definition) is 1. The molecule has 2 N–H and O–H groups in total. The van der Waals surface area contributed by atoms with E-state index in [-0.39, 0.29) is 0 Å². The van der Waals surface area contributed by atoms with Crippen LogP contribution in [0, 0.1) is 0 Å². The molecule has 0 saturated carbocycles. The average Bonchev–Trinajstić information content (AvgIpc) is 2.56. The maximum absolute atomic E-state index is 11.6. The van der Waals surface area contributed by atoms with Crippen molar-refractivity contribution in [1.29, 1.82) is 0 Å². The third kappa shape index (κ3) is 2.70. The van der Waals surface area contributed by atoms with Crippen LogP contribution in [0.5, 0.6) is 0 Å². The van der Waals surface area contributed by atoms with E-state index in [1.165, 1.54) is 0 Å². The van der Waals surface area contributed by atoms with Gasteiger partial charge in [0.1, 0.15) is 0 Å². The van der Waals surface area contributed by atoms with E-state index in [9.17, 15) is 4.79 Å². The van der Waals surface area contributed by atoms with Crippen LogP contribution < -0.4 is 5.73 Å². The number of rotatable bonds is 3. The summed E-state index contributed by atoms with van der Waals surface area (Å²) >= 11 is 0. The standard InChI is InChI=1S/C19H15NO/c20-19(21)18-12-5-4-11-17(18)16-10-6-9-15(13-16)14-7-2-1-3-8-14/h1-13H,(H2,20,21). The average molecular weight is 273 g/mol. The molecule has 3 rings (SSSR count). The summed E-state index contributed by atoms with van der Waals surface area (Å²) in [6.07, 6.45) is 0. The first-order valence-electron chi connectivity index (χ1n) is 6.80. The lowest BCUT2D eigenvalue weighted by Crippen LogP contribution is -2.12. The lowest BCUT2D eigenvalue weighted by atomic mass is 9.96. The molecule has 0 spiro atoms. The highest BCUT2D eigenvalue weighted by Gasteiger charge is 2.09. The van der Waals surface area contributed by atoms with Crippen molar-refractivity contribution in [3.63, 3.8) is 0 Å². The predicted octanol–water partition coefficient (Wildman–Crippen LogP) is 4.12.